The van der Waals surface area contributed by atoms with Gasteiger partial charge >= 0.3 is 0 Å². The highest BCUT2D eigenvalue weighted by Gasteiger charge is 2.23. The van der Waals surface area contributed by atoms with E-state index in [1.54, 1.807) is 7.11 Å². The number of methoxy groups -OCH3 is 1. The van der Waals surface area contributed by atoms with Gasteiger partial charge in [-0.25, -0.2) is 0 Å². The number of amides is 1. The third kappa shape index (κ3) is 5.40. The summed E-state index contributed by atoms with van der Waals surface area (Å²) >= 11 is 6.15. The Morgan fingerprint density at radius 2 is 1.96 bits per heavy atom. The average Bonchev–Trinajstić information content (AvgIpc) is 2.71. The van der Waals surface area contributed by atoms with E-state index in [2.05, 4.69) is 23.2 Å². The van der Waals surface area contributed by atoms with E-state index in [1.807, 2.05) is 36.4 Å². The molecule has 28 heavy (non-hydrogen) atoms. The van der Waals surface area contributed by atoms with Crippen molar-refractivity contribution in [3.05, 3.63) is 58.6 Å². The van der Waals surface area contributed by atoms with Gasteiger partial charge in [-0.2, -0.15) is 0 Å². The van der Waals surface area contributed by atoms with Crippen LogP contribution in [-0.2, 0) is 11.2 Å². The number of halogens is 1. The normalized spacial score (nSPS) is 14.8. The van der Waals surface area contributed by atoms with Crippen LogP contribution in [0.1, 0.15) is 11.1 Å². The summed E-state index contributed by atoms with van der Waals surface area (Å²) < 4.78 is 5.36. The first kappa shape index (κ1) is 20.5. The summed E-state index contributed by atoms with van der Waals surface area (Å²) in [6.45, 7) is 7.03. The van der Waals surface area contributed by atoms with Crippen LogP contribution in [-0.4, -0.2) is 52.3 Å². The van der Waals surface area contributed by atoms with Crippen molar-refractivity contribution in [1.82, 2.24) is 5.32 Å². The van der Waals surface area contributed by atoms with Crippen molar-refractivity contribution in [3.63, 3.8) is 0 Å². The number of benzene rings is 2. The predicted octanol–water partition coefficient (Wildman–Crippen LogP) is 1.72. The maximum atomic E-state index is 12.3. The van der Waals surface area contributed by atoms with E-state index in [0.717, 1.165) is 48.9 Å². The number of carbonyl (C=O) groups excluding carboxylic acids is 1. The number of piperazine rings is 1. The van der Waals surface area contributed by atoms with E-state index in [-0.39, 0.29) is 5.91 Å². The summed E-state index contributed by atoms with van der Waals surface area (Å²) in [5, 5.41) is 3.81. The van der Waals surface area contributed by atoms with Gasteiger partial charge < -0.3 is 19.9 Å². The second-order valence-electron chi connectivity index (χ2n) is 7.26. The van der Waals surface area contributed by atoms with E-state index < -0.39 is 0 Å². The molecule has 0 aromatic heterocycles. The first-order chi connectivity index (χ1) is 13.6. The van der Waals surface area contributed by atoms with Crippen molar-refractivity contribution in [2.75, 3.05) is 51.3 Å². The number of nitrogens with one attached hydrogen (secondary N) is 2. The van der Waals surface area contributed by atoms with Crippen LogP contribution in [0.2, 0.25) is 5.02 Å². The molecule has 1 amide bonds. The molecule has 0 spiro atoms. The first-order valence-corrected chi connectivity index (χ1v) is 10.2. The molecule has 0 atom stereocenters. The van der Waals surface area contributed by atoms with Crippen LogP contribution < -0.4 is 19.9 Å². The summed E-state index contributed by atoms with van der Waals surface area (Å²) in [5.41, 5.74) is 3.55. The lowest BCUT2D eigenvalue weighted by atomic mass is 10.1. The molecule has 1 fully saturated rings. The molecule has 0 bridgehead atoms. The Bertz CT molecular complexity index is 804. The van der Waals surface area contributed by atoms with Crippen molar-refractivity contribution in [2.24, 2.45) is 0 Å². The minimum Gasteiger partial charge on any atom is -0.496 e. The highest BCUT2D eigenvalue weighted by atomic mass is 35.5. The zero-order valence-corrected chi connectivity index (χ0v) is 17.4. The fourth-order valence-corrected chi connectivity index (χ4v) is 3.87. The molecule has 0 unspecified atom stereocenters. The fraction of sp³-hybridized carbons (Fsp3) is 0.409. The van der Waals surface area contributed by atoms with Crippen LogP contribution >= 0.6 is 11.6 Å². The van der Waals surface area contributed by atoms with Crippen molar-refractivity contribution >= 4 is 23.2 Å². The maximum Gasteiger partial charge on any atom is 0.275 e. The minimum atomic E-state index is 0.109. The van der Waals surface area contributed by atoms with E-state index in [9.17, 15) is 4.79 Å². The highest BCUT2D eigenvalue weighted by molar-refractivity contribution is 6.30. The topological polar surface area (TPSA) is 46.0 Å². The molecule has 0 radical (unpaired) electrons. The van der Waals surface area contributed by atoms with E-state index in [1.165, 1.54) is 16.2 Å². The van der Waals surface area contributed by atoms with Gasteiger partial charge in [-0.3, -0.25) is 4.79 Å². The van der Waals surface area contributed by atoms with Gasteiger partial charge in [0.25, 0.3) is 5.91 Å². The smallest absolute Gasteiger partial charge is 0.275 e. The summed E-state index contributed by atoms with van der Waals surface area (Å²) in [5.74, 6) is 0.979. The van der Waals surface area contributed by atoms with Crippen LogP contribution in [0.25, 0.3) is 0 Å². The van der Waals surface area contributed by atoms with E-state index in [0.29, 0.717) is 13.1 Å². The second kappa shape index (κ2) is 9.80. The molecule has 5 nitrogen and oxygen atoms in total. The maximum absolute atomic E-state index is 12.3. The summed E-state index contributed by atoms with van der Waals surface area (Å²) in [4.78, 5) is 16.0. The first-order valence-electron chi connectivity index (χ1n) is 9.80. The molecule has 1 aliphatic heterocycles. The van der Waals surface area contributed by atoms with E-state index in [4.69, 9.17) is 16.3 Å². The van der Waals surface area contributed by atoms with Gasteiger partial charge in [-0.05, 0) is 42.7 Å². The standard InChI is InChI=1S/C22H28ClN3O2/c1-17-7-8-19(23)15-20(17)26-13-11-25(12-14-26)16-22(27)24-10-9-18-5-3-4-6-21(18)28-2/h3-8,15H,9-14,16H2,1-2H3,(H,24,27)/p+1. The van der Waals surface area contributed by atoms with Gasteiger partial charge in [0.1, 0.15) is 5.75 Å². The number of carbonyl (C=O) groups is 1. The molecule has 1 heterocycles. The van der Waals surface area contributed by atoms with Crippen LogP contribution in [0.4, 0.5) is 5.69 Å². The molecule has 0 saturated carbocycles. The van der Waals surface area contributed by atoms with E-state index >= 15 is 0 Å². The number of hydrogen-bond donors (Lipinski definition) is 2. The molecule has 2 aromatic rings. The molecule has 0 aliphatic carbocycles. The molecule has 6 heteroatoms. The lowest BCUT2D eigenvalue weighted by Crippen LogP contribution is -3.16. The lowest BCUT2D eigenvalue weighted by molar-refractivity contribution is -0.892. The Hall–Kier alpha value is -2.24. The number of anilines is 1. The number of aryl methyl sites for hydroxylation is 1. The van der Waals surface area contributed by atoms with Gasteiger partial charge in [0, 0.05) is 17.3 Å². The number of rotatable bonds is 7. The Balaban J connectivity index is 1.42. The predicted molar refractivity (Wildman–Crippen MR) is 114 cm³/mol. The van der Waals surface area contributed by atoms with Crippen molar-refractivity contribution in [1.29, 1.82) is 0 Å². The largest absolute Gasteiger partial charge is 0.496 e. The average molecular weight is 403 g/mol. The Labute approximate surface area is 172 Å². The third-order valence-electron chi connectivity index (χ3n) is 5.30. The molecular formula is C22H29ClN3O2+. The third-order valence-corrected chi connectivity index (χ3v) is 5.54. The molecular weight excluding hydrogens is 374 g/mol. The summed E-state index contributed by atoms with van der Waals surface area (Å²) in [6.07, 6.45) is 0.771. The Kier molecular flexibility index (Phi) is 7.18. The number of para-hydroxylation sites is 1. The fourth-order valence-electron chi connectivity index (χ4n) is 3.70. The molecule has 1 aliphatic rings. The monoisotopic (exact) mass is 402 g/mol. The molecule has 3 rings (SSSR count). The highest BCUT2D eigenvalue weighted by Crippen LogP contribution is 2.24. The minimum absolute atomic E-state index is 0.109. The second-order valence-corrected chi connectivity index (χ2v) is 7.69. The molecule has 2 N–H and O–H groups in total. The number of quaternary nitrogens is 1. The van der Waals surface area contributed by atoms with Gasteiger partial charge in [-0.15, -0.1) is 0 Å². The zero-order chi connectivity index (χ0) is 19.9. The Morgan fingerprint density at radius 3 is 2.71 bits per heavy atom. The number of hydrogen-bond acceptors (Lipinski definition) is 3. The van der Waals surface area contributed by atoms with Gasteiger partial charge in [0.2, 0.25) is 0 Å². The number of ether oxygens (including phenoxy) is 1. The Morgan fingerprint density at radius 1 is 1.21 bits per heavy atom. The van der Waals surface area contributed by atoms with Gasteiger partial charge in [0.15, 0.2) is 6.54 Å². The summed E-state index contributed by atoms with van der Waals surface area (Å²) in [6, 6.07) is 13.9. The summed E-state index contributed by atoms with van der Waals surface area (Å²) in [7, 11) is 1.67. The van der Waals surface area contributed by atoms with Crippen LogP contribution in [0, 0.1) is 6.92 Å². The van der Waals surface area contributed by atoms with Crippen LogP contribution in [0.3, 0.4) is 0 Å². The molecule has 1 saturated heterocycles. The quantitative estimate of drug-likeness (QED) is 0.741. The number of nitrogens with zero attached hydrogens (tertiary/aromatic N) is 1. The zero-order valence-electron chi connectivity index (χ0n) is 16.6. The van der Waals surface area contributed by atoms with Gasteiger partial charge in [0.05, 0.1) is 33.3 Å². The molecule has 150 valence electrons. The van der Waals surface area contributed by atoms with Crippen LogP contribution in [0.5, 0.6) is 5.75 Å². The SMILES string of the molecule is COc1ccccc1CCNC(=O)C[NH+]1CCN(c2cc(Cl)ccc2C)CC1. The van der Waals surface area contributed by atoms with Crippen molar-refractivity contribution in [3.8, 4) is 5.75 Å². The van der Waals surface area contributed by atoms with Crippen molar-refractivity contribution < 1.29 is 14.4 Å². The lowest BCUT2D eigenvalue weighted by Gasteiger charge is -2.34. The van der Waals surface area contributed by atoms with Crippen molar-refractivity contribution in [2.45, 2.75) is 13.3 Å². The van der Waals surface area contributed by atoms with Gasteiger partial charge in [-0.1, -0.05) is 35.9 Å². The van der Waals surface area contributed by atoms with Crippen LogP contribution in [0.15, 0.2) is 42.5 Å². The molecule has 2 aromatic carbocycles.